The largest absolute Gasteiger partial charge is 0.481 e. The summed E-state index contributed by atoms with van der Waals surface area (Å²) in [6.45, 7) is 16.9. The van der Waals surface area contributed by atoms with Gasteiger partial charge in [0.15, 0.2) is 0 Å². The summed E-state index contributed by atoms with van der Waals surface area (Å²) in [6, 6.07) is 0. The van der Waals surface area contributed by atoms with E-state index in [2.05, 4.69) is 47.6 Å². The molecular weight excluding hydrogens is 408 g/mol. The summed E-state index contributed by atoms with van der Waals surface area (Å²) in [5.74, 6) is 0.432. The average Bonchev–Trinajstić information content (AvgIpc) is 2.72. The molecule has 9 atom stereocenters. The third kappa shape index (κ3) is 2.87. The zero-order valence-electron chi connectivity index (χ0n) is 22.3. The first-order valence-corrected chi connectivity index (χ1v) is 13.8. The second-order valence-electron chi connectivity index (χ2n) is 15.0. The van der Waals surface area contributed by atoms with Crippen molar-refractivity contribution in [3.05, 3.63) is 11.6 Å². The topological polar surface area (TPSA) is 57.5 Å². The third-order valence-electron chi connectivity index (χ3n) is 13.2. The van der Waals surface area contributed by atoms with Gasteiger partial charge < -0.3 is 10.2 Å². The van der Waals surface area contributed by atoms with Crippen molar-refractivity contribution in [3.8, 4) is 0 Å². The molecule has 2 N–H and O–H groups in total. The molecule has 5 aliphatic carbocycles. The minimum absolute atomic E-state index is 0.0308. The summed E-state index contributed by atoms with van der Waals surface area (Å²) < 4.78 is 0. The van der Waals surface area contributed by atoms with E-state index in [9.17, 15) is 15.0 Å². The number of aliphatic hydroxyl groups excluding tert-OH is 1. The Labute approximate surface area is 201 Å². The molecule has 0 amide bonds. The molecule has 0 saturated heterocycles. The lowest BCUT2D eigenvalue weighted by atomic mass is 9.33. The number of aliphatic carboxylic acids is 1. The molecule has 3 heteroatoms. The van der Waals surface area contributed by atoms with Gasteiger partial charge in [0.2, 0.25) is 0 Å². The van der Waals surface area contributed by atoms with Gasteiger partial charge in [-0.3, -0.25) is 4.79 Å². The van der Waals surface area contributed by atoms with Crippen LogP contribution in [0, 0.1) is 50.2 Å². The molecule has 0 aromatic heterocycles. The number of rotatable bonds is 1. The smallest absolute Gasteiger partial charge is 0.312 e. The van der Waals surface area contributed by atoms with E-state index < -0.39 is 17.5 Å². The van der Waals surface area contributed by atoms with Crippen LogP contribution in [0.2, 0.25) is 0 Å². The van der Waals surface area contributed by atoms with Gasteiger partial charge in [-0.05, 0) is 116 Å². The highest BCUT2D eigenvalue weighted by atomic mass is 16.4. The number of carboxylic acid groups (broad SMARTS) is 1. The molecular formula is C30H48O3. The average molecular weight is 457 g/mol. The van der Waals surface area contributed by atoms with Crippen molar-refractivity contribution in [1.82, 2.24) is 0 Å². The van der Waals surface area contributed by atoms with Gasteiger partial charge in [0, 0.05) is 0 Å². The van der Waals surface area contributed by atoms with Gasteiger partial charge in [0.05, 0.1) is 11.5 Å². The Kier molecular flexibility index (Phi) is 4.99. The fraction of sp³-hybridized carbons (Fsp3) is 0.900. The Morgan fingerprint density at radius 1 is 0.879 bits per heavy atom. The van der Waals surface area contributed by atoms with Crippen LogP contribution in [0.25, 0.3) is 0 Å². The number of hydrogen-bond donors (Lipinski definition) is 2. The highest BCUT2D eigenvalue weighted by Crippen LogP contribution is 2.75. The summed E-state index contributed by atoms with van der Waals surface area (Å²) >= 11 is 0. The molecule has 5 rings (SSSR count). The van der Waals surface area contributed by atoms with Crippen molar-refractivity contribution in [2.24, 2.45) is 50.2 Å². The van der Waals surface area contributed by atoms with E-state index >= 15 is 0 Å². The van der Waals surface area contributed by atoms with Crippen molar-refractivity contribution >= 4 is 5.97 Å². The van der Waals surface area contributed by atoms with Crippen LogP contribution >= 0.6 is 0 Å². The summed E-state index contributed by atoms with van der Waals surface area (Å²) in [4.78, 5) is 12.5. The number of carboxylic acids is 1. The zero-order valence-corrected chi connectivity index (χ0v) is 22.3. The maximum Gasteiger partial charge on any atom is 0.312 e. The van der Waals surface area contributed by atoms with Crippen LogP contribution in [0.5, 0.6) is 0 Å². The second-order valence-corrected chi connectivity index (χ2v) is 15.0. The van der Waals surface area contributed by atoms with Gasteiger partial charge in [0.25, 0.3) is 0 Å². The van der Waals surface area contributed by atoms with Crippen molar-refractivity contribution in [1.29, 1.82) is 0 Å². The van der Waals surface area contributed by atoms with Gasteiger partial charge in [-0.2, -0.15) is 0 Å². The highest BCUT2D eigenvalue weighted by molar-refractivity contribution is 5.76. The Morgan fingerprint density at radius 3 is 2.21 bits per heavy atom. The molecule has 1 unspecified atom stereocenters. The first-order chi connectivity index (χ1) is 15.1. The van der Waals surface area contributed by atoms with Crippen LogP contribution in [0.3, 0.4) is 0 Å². The molecule has 0 heterocycles. The number of allylic oxidation sites excluding steroid dienone is 2. The first-order valence-electron chi connectivity index (χ1n) is 13.8. The Balaban J connectivity index is 1.58. The van der Waals surface area contributed by atoms with Crippen molar-refractivity contribution in [2.45, 2.75) is 119 Å². The van der Waals surface area contributed by atoms with Crippen LogP contribution in [-0.4, -0.2) is 22.3 Å². The minimum atomic E-state index is -1.03. The predicted octanol–water partition coefficient (Wildman–Crippen LogP) is 7.23. The highest BCUT2D eigenvalue weighted by Gasteiger charge is 2.69. The first kappa shape index (κ1) is 23.9. The zero-order chi connectivity index (χ0) is 24.2. The van der Waals surface area contributed by atoms with Crippen LogP contribution in [-0.2, 0) is 4.79 Å². The second kappa shape index (κ2) is 6.89. The number of aliphatic hydroxyl groups is 1. The molecule has 33 heavy (non-hydrogen) atoms. The molecule has 0 aliphatic heterocycles. The lowest BCUT2D eigenvalue weighted by Gasteiger charge is -2.71. The molecule has 4 saturated carbocycles. The Bertz CT molecular complexity index is 889. The Hall–Kier alpha value is -0.830. The molecule has 0 aromatic carbocycles. The molecule has 0 aromatic rings. The van der Waals surface area contributed by atoms with E-state index in [0.29, 0.717) is 29.1 Å². The van der Waals surface area contributed by atoms with Crippen LogP contribution in [0.15, 0.2) is 11.6 Å². The van der Waals surface area contributed by atoms with E-state index in [1.165, 1.54) is 32.1 Å². The van der Waals surface area contributed by atoms with Crippen molar-refractivity contribution in [2.75, 3.05) is 0 Å². The van der Waals surface area contributed by atoms with Crippen molar-refractivity contribution in [3.63, 3.8) is 0 Å². The van der Waals surface area contributed by atoms with Crippen molar-refractivity contribution < 1.29 is 15.0 Å². The maximum atomic E-state index is 12.5. The summed E-state index contributed by atoms with van der Waals surface area (Å²) in [5.41, 5.74) is 1.98. The molecule has 3 nitrogen and oxygen atoms in total. The quantitative estimate of drug-likeness (QED) is 0.409. The van der Waals surface area contributed by atoms with E-state index in [-0.39, 0.29) is 22.2 Å². The standard InChI is InChI=1S/C30H48O3/c1-25(2)14-15-26(3)16-17-28(5)19(20(26)18-25)8-9-21-27(4)12-11-23(31)30(7,24(32)33)22(27)10-13-29(21,28)6/h8,20-23,31H,9-18H2,1-7H3,(H,32,33)/t20-,21+,22?,23-,26+,27-,28-,29-,30-/m0/s1. The summed E-state index contributed by atoms with van der Waals surface area (Å²) in [5, 5.41) is 21.1. The van der Waals surface area contributed by atoms with Crippen LogP contribution < -0.4 is 0 Å². The molecule has 0 radical (unpaired) electrons. The number of fused-ring (bicyclic) bond motifs is 7. The number of carbonyl (C=O) groups is 1. The third-order valence-corrected chi connectivity index (χ3v) is 13.2. The van der Waals surface area contributed by atoms with Gasteiger partial charge in [-0.15, -0.1) is 0 Å². The SMILES string of the molecule is CC1(C)CC[C@]2(C)CC[C@@]3(C)C(=CC[C@H]4[C@]3(C)CCC3[C@](C)(C(=O)O)[C@@H](O)CC[C@]34C)[C@@H]2C1. The van der Waals surface area contributed by atoms with Gasteiger partial charge in [-0.1, -0.05) is 53.2 Å². The molecule has 4 fully saturated rings. The fourth-order valence-electron chi connectivity index (χ4n) is 10.5. The fourth-order valence-corrected chi connectivity index (χ4v) is 10.5. The normalized spacial score (nSPS) is 55.3. The summed E-state index contributed by atoms with van der Waals surface area (Å²) in [6.07, 6.45) is 13.2. The van der Waals surface area contributed by atoms with Gasteiger partial charge >= 0.3 is 5.97 Å². The van der Waals surface area contributed by atoms with E-state index in [1.807, 2.05) is 6.92 Å². The van der Waals surface area contributed by atoms with E-state index in [4.69, 9.17) is 0 Å². The lowest BCUT2D eigenvalue weighted by molar-refractivity contribution is -0.216. The number of hydrogen-bond acceptors (Lipinski definition) is 2. The van der Waals surface area contributed by atoms with E-state index in [0.717, 1.165) is 25.7 Å². The molecule has 5 aliphatic rings. The van der Waals surface area contributed by atoms with Crippen LogP contribution in [0.1, 0.15) is 113 Å². The van der Waals surface area contributed by atoms with Gasteiger partial charge in [0.1, 0.15) is 0 Å². The maximum absolute atomic E-state index is 12.5. The minimum Gasteiger partial charge on any atom is -0.481 e. The molecule has 0 bridgehead atoms. The Morgan fingerprint density at radius 2 is 1.55 bits per heavy atom. The van der Waals surface area contributed by atoms with Crippen LogP contribution in [0.4, 0.5) is 0 Å². The predicted molar refractivity (Wildman–Crippen MR) is 133 cm³/mol. The lowest BCUT2D eigenvalue weighted by Crippen LogP contribution is -2.66. The monoisotopic (exact) mass is 456 g/mol. The molecule has 186 valence electrons. The van der Waals surface area contributed by atoms with E-state index in [1.54, 1.807) is 5.57 Å². The van der Waals surface area contributed by atoms with Gasteiger partial charge in [-0.25, -0.2) is 0 Å². The summed E-state index contributed by atoms with van der Waals surface area (Å²) in [7, 11) is 0. The molecule has 0 spiro atoms.